The summed E-state index contributed by atoms with van der Waals surface area (Å²) in [5.41, 5.74) is 4.57. The maximum Gasteiger partial charge on any atom is 0.287 e. The van der Waals surface area contributed by atoms with Gasteiger partial charge in [0.25, 0.3) is 5.82 Å². The van der Waals surface area contributed by atoms with Crippen molar-refractivity contribution in [3.05, 3.63) is 60.7 Å². The summed E-state index contributed by atoms with van der Waals surface area (Å²) in [4.78, 5) is 3.50. The van der Waals surface area contributed by atoms with Gasteiger partial charge < -0.3 is 4.74 Å². The van der Waals surface area contributed by atoms with Crippen molar-refractivity contribution in [3.63, 3.8) is 0 Å². The van der Waals surface area contributed by atoms with Crippen LogP contribution in [0.3, 0.4) is 0 Å². The minimum atomic E-state index is 0.797. The van der Waals surface area contributed by atoms with E-state index in [0.717, 1.165) is 34.8 Å². The Morgan fingerprint density at radius 2 is 1.86 bits per heavy atom. The molecule has 0 unspecified atom stereocenters. The van der Waals surface area contributed by atoms with E-state index in [2.05, 4.69) is 46.5 Å². The molecule has 0 bridgehead atoms. The number of benzene rings is 2. The predicted molar refractivity (Wildman–Crippen MR) is 85.3 cm³/mol. The van der Waals surface area contributed by atoms with Gasteiger partial charge in [-0.3, -0.25) is 0 Å². The number of hydrogen-bond acceptors (Lipinski definition) is 1. The van der Waals surface area contributed by atoms with Crippen molar-refractivity contribution in [2.75, 3.05) is 7.11 Å². The highest BCUT2D eigenvalue weighted by molar-refractivity contribution is 5.74. The average Bonchev–Trinajstić information content (AvgIpc) is 2.86. The van der Waals surface area contributed by atoms with Gasteiger partial charge in [0.2, 0.25) is 0 Å². The van der Waals surface area contributed by atoms with Gasteiger partial charge in [-0.05, 0) is 48.9 Å². The third-order valence-electron chi connectivity index (χ3n) is 3.51. The van der Waals surface area contributed by atoms with E-state index < -0.39 is 0 Å². The van der Waals surface area contributed by atoms with E-state index in [-0.39, 0.29) is 0 Å². The number of nitrogens with one attached hydrogen (secondary N) is 1. The first-order chi connectivity index (χ1) is 10.2. The third kappa shape index (κ3) is 2.55. The van der Waals surface area contributed by atoms with Crippen LogP contribution in [0.25, 0.3) is 22.4 Å². The fraction of sp³-hybridized carbons (Fsp3) is 0.167. The first-order valence-electron chi connectivity index (χ1n) is 6.98. The summed E-state index contributed by atoms with van der Waals surface area (Å²) in [5.74, 6) is 1.95. The van der Waals surface area contributed by atoms with E-state index >= 15 is 0 Å². The number of aromatic amines is 1. The Kier molecular flexibility index (Phi) is 3.48. The van der Waals surface area contributed by atoms with Crippen LogP contribution in [0.15, 0.2) is 60.7 Å². The molecule has 0 fully saturated rings. The molecule has 0 spiro atoms. The Hall–Kier alpha value is -2.55. The lowest BCUT2D eigenvalue weighted by Gasteiger charge is -2.03. The van der Waals surface area contributed by atoms with Gasteiger partial charge in [0.15, 0.2) is 11.0 Å². The fourth-order valence-corrected chi connectivity index (χ4v) is 2.54. The molecule has 3 rings (SSSR count). The van der Waals surface area contributed by atoms with Crippen LogP contribution >= 0.6 is 0 Å². The summed E-state index contributed by atoms with van der Waals surface area (Å²) in [5, 5.41) is 0. The van der Waals surface area contributed by atoms with Crippen molar-refractivity contribution in [2.24, 2.45) is 0 Å². The number of rotatable bonds is 4. The summed E-state index contributed by atoms with van der Waals surface area (Å²) in [6.45, 7) is 6.89. The predicted octanol–water partition coefficient (Wildman–Crippen LogP) is 3.71. The number of H-pyrrole nitrogens is 1. The molecule has 0 aliphatic rings. The quantitative estimate of drug-likeness (QED) is 0.572. The second-order valence-electron chi connectivity index (χ2n) is 5.26. The minimum Gasteiger partial charge on any atom is -0.497 e. The maximum atomic E-state index is 5.23. The summed E-state index contributed by atoms with van der Waals surface area (Å²) >= 11 is 0. The molecule has 0 saturated heterocycles. The highest BCUT2D eigenvalue weighted by Gasteiger charge is 2.19. The zero-order chi connectivity index (χ0) is 14.8. The molecule has 0 atom stereocenters. The van der Waals surface area contributed by atoms with Gasteiger partial charge in [-0.15, -0.1) is 0 Å². The molecule has 3 heteroatoms. The van der Waals surface area contributed by atoms with Gasteiger partial charge in [-0.2, -0.15) is 0 Å². The molecule has 106 valence electrons. The van der Waals surface area contributed by atoms with Crippen LogP contribution in [0.2, 0.25) is 0 Å². The highest BCUT2D eigenvalue weighted by atomic mass is 16.5. The van der Waals surface area contributed by atoms with Crippen LogP contribution in [0.1, 0.15) is 6.92 Å². The SMILES string of the molecule is C=C(C)C[n+]1c(-c2ccc(OC)cc2)[nH]c2ccccc21. The number of allylic oxidation sites excluding steroid dienone is 1. The van der Waals surface area contributed by atoms with Crippen LogP contribution in [0, 0.1) is 0 Å². The summed E-state index contributed by atoms with van der Waals surface area (Å²) in [6, 6.07) is 16.4. The molecule has 0 aliphatic carbocycles. The smallest absolute Gasteiger partial charge is 0.287 e. The van der Waals surface area contributed by atoms with Gasteiger partial charge in [-0.1, -0.05) is 18.7 Å². The number of ether oxygens (including phenoxy) is 1. The van der Waals surface area contributed by atoms with Crippen LogP contribution in [0.5, 0.6) is 5.75 Å². The number of nitrogens with zero attached hydrogens (tertiary/aromatic N) is 1. The van der Waals surface area contributed by atoms with Crippen LogP contribution in [-0.2, 0) is 6.54 Å². The minimum absolute atomic E-state index is 0.797. The first kappa shape index (κ1) is 13.4. The van der Waals surface area contributed by atoms with Crippen LogP contribution in [0.4, 0.5) is 0 Å². The Morgan fingerprint density at radius 3 is 2.52 bits per heavy atom. The number of imidazole rings is 1. The molecule has 3 aromatic rings. The molecule has 1 heterocycles. The fourth-order valence-electron chi connectivity index (χ4n) is 2.54. The Morgan fingerprint density at radius 1 is 1.14 bits per heavy atom. The zero-order valence-electron chi connectivity index (χ0n) is 12.4. The summed E-state index contributed by atoms with van der Waals surface area (Å²) in [6.07, 6.45) is 0. The standard InChI is InChI=1S/C18H18N2O/c1-13(2)12-20-17-7-5-4-6-16(17)19-18(20)14-8-10-15(21-3)11-9-14/h4-11H,1,12H2,2-3H3/p+1. The van der Waals surface area contributed by atoms with E-state index in [0.29, 0.717) is 0 Å². The summed E-state index contributed by atoms with van der Waals surface area (Å²) in [7, 11) is 1.68. The number of hydrogen-bond donors (Lipinski definition) is 1. The maximum absolute atomic E-state index is 5.23. The molecule has 0 radical (unpaired) electrons. The average molecular weight is 279 g/mol. The molecule has 0 amide bonds. The van der Waals surface area contributed by atoms with Crippen molar-refractivity contribution in [1.29, 1.82) is 0 Å². The van der Waals surface area contributed by atoms with Gasteiger partial charge in [-0.25, -0.2) is 9.55 Å². The number of aromatic nitrogens is 2. The molecule has 3 nitrogen and oxygen atoms in total. The van der Waals surface area contributed by atoms with E-state index in [1.807, 2.05) is 25.1 Å². The summed E-state index contributed by atoms with van der Waals surface area (Å²) < 4.78 is 7.49. The number of methoxy groups -OCH3 is 1. The molecule has 0 saturated carbocycles. The molecule has 1 aromatic heterocycles. The first-order valence-corrected chi connectivity index (χ1v) is 6.98. The second kappa shape index (κ2) is 5.44. The van der Waals surface area contributed by atoms with Crippen molar-refractivity contribution < 1.29 is 9.30 Å². The van der Waals surface area contributed by atoms with E-state index in [4.69, 9.17) is 4.74 Å². The molecular formula is C18H19N2O+. The largest absolute Gasteiger partial charge is 0.497 e. The Balaban J connectivity index is 2.17. The van der Waals surface area contributed by atoms with Crippen LogP contribution < -0.4 is 9.30 Å². The lowest BCUT2D eigenvalue weighted by molar-refractivity contribution is -0.651. The Bertz CT molecular complexity index is 785. The van der Waals surface area contributed by atoms with E-state index in [1.54, 1.807) is 7.11 Å². The van der Waals surface area contributed by atoms with Crippen molar-refractivity contribution in [2.45, 2.75) is 13.5 Å². The van der Waals surface area contributed by atoms with Gasteiger partial charge in [0, 0.05) is 0 Å². The van der Waals surface area contributed by atoms with Crippen molar-refractivity contribution in [3.8, 4) is 17.1 Å². The third-order valence-corrected chi connectivity index (χ3v) is 3.51. The van der Waals surface area contributed by atoms with Crippen molar-refractivity contribution in [1.82, 2.24) is 4.98 Å². The highest BCUT2D eigenvalue weighted by Crippen LogP contribution is 2.22. The molecule has 0 aliphatic heterocycles. The van der Waals surface area contributed by atoms with Gasteiger partial charge in [0.1, 0.15) is 12.3 Å². The normalized spacial score (nSPS) is 10.8. The van der Waals surface area contributed by atoms with Gasteiger partial charge >= 0.3 is 0 Å². The Labute approximate surface area is 124 Å². The number of fused-ring (bicyclic) bond motifs is 1. The van der Waals surface area contributed by atoms with Crippen LogP contribution in [-0.4, -0.2) is 12.1 Å². The zero-order valence-corrected chi connectivity index (χ0v) is 12.4. The number of para-hydroxylation sites is 2. The lowest BCUT2D eigenvalue weighted by Crippen LogP contribution is -2.35. The van der Waals surface area contributed by atoms with Gasteiger partial charge in [0.05, 0.1) is 12.7 Å². The topological polar surface area (TPSA) is 28.9 Å². The van der Waals surface area contributed by atoms with E-state index in [9.17, 15) is 0 Å². The van der Waals surface area contributed by atoms with Crippen molar-refractivity contribution >= 4 is 11.0 Å². The molecule has 2 aromatic carbocycles. The van der Waals surface area contributed by atoms with E-state index in [1.165, 1.54) is 5.52 Å². The lowest BCUT2D eigenvalue weighted by atomic mass is 10.2. The second-order valence-corrected chi connectivity index (χ2v) is 5.26. The molecule has 21 heavy (non-hydrogen) atoms. The monoisotopic (exact) mass is 279 g/mol. The molecular weight excluding hydrogens is 260 g/mol. The molecule has 1 N–H and O–H groups in total.